The monoisotopic (exact) mass is 346 g/mol. The number of hydrogen-bond donors (Lipinski definition) is 1. The van der Waals surface area contributed by atoms with E-state index in [0.717, 1.165) is 17.4 Å². The van der Waals surface area contributed by atoms with Crippen LogP contribution in [-0.4, -0.2) is 51.2 Å². The summed E-state index contributed by atoms with van der Waals surface area (Å²) in [5.41, 5.74) is 0. The zero-order chi connectivity index (χ0) is 14.0. The molecule has 1 amide bonds. The molecular formula is C10H13ClF2N2O3S2. The van der Waals surface area contributed by atoms with Crippen LogP contribution in [0.3, 0.4) is 0 Å². The number of sulfone groups is 1. The molecule has 0 atom stereocenters. The summed E-state index contributed by atoms with van der Waals surface area (Å²) < 4.78 is 48.0. The molecule has 1 aliphatic rings. The van der Waals surface area contributed by atoms with Crippen LogP contribution in [0.25, 0.3) is 0 Å². The van der Waals surface area contributed by atoms with Crippen LogP contribution in [0.4, 0.5) is 8.78 Å². The van der Waals surface area contributed by atoms with Crippen molar-refractivity contribution in [2.45, 2.75) is 10.7 Å². The number of alkyl halides is 2. The van der Waals surface area contributed by atoms with Crippen LogP contribution in [-0.2, 0) is 9.84 Å². The molecule has 0 aromatic carbocycles. The predicted octanol–water partition coefficient (Wildman–Crippen LogP) is 1.21. The lowest BCUT2D eigenvalue weighted by Crippen LogP contribution is -2.46. The zero-order valence-corrected chi connectivity index (χ0v) is 12.7. The Hall–Kier alpha value is -0.770. The van der Waals surface area contributed by atoms with Gasteiger partial charge in [-0.1, -0.05) is 0 Å². The van der Waals surface area contributed by atoms with E-state index in [9.17, 15) is 22.0 Å². The van der Waals surface area contributed by atoms with Crippen LogP contribution in [0.2, 0.25) is 0 Å². The van der Waals surface area contributed by atoms with Crippen molar-refractivity contribution in [3.05, 3.63) is 16.3 Å². The van der Waals surface area contributed by atoms with Crippen molar-refractivity contribution in [3.8, 4) is 0 Å². The first kappa shape index (κ1) is 17.3. The van der Waals surface area contributed by atoms with E-state index in [1.165, 1.54) is 10.3 Å². The van der Waals surface area contributed by atoms with Crippen LogP contribution in [0.15, 0.2) is 16.3 Å². The molecule has 1 fully saturated rings. The Balaban J connectivity index is 0.00000200. The van der Waals surface area contributed by atoms with Gasteiger partial charge in [0.2, 0.25) is 9.84 Å². The average molecular weight is 347 g/mol. The molecule has 1 aromatic rings. The van der Waals surface area contributed by atoms with Gasteiger partial charge >= 0.3 is 5.76 Å². The van der Waals surface area contributed by atoms with Gasteiger partial charge in [-0.15, -0.1) is 23.7 Å². The van der Waals surface area contributed by atoms with E-state index in [1.54, 1.807) is 0 Å². The largest absolute Gasteiger partial charge is 0.341 e. The lowest BCUT2D eigenvalue weighted by atomic mass is 10.3. The highest BCUT2D eigenvalue weighted by molar-refractivity contribution is 7.92. The van der Waals surface area contributed by atoms with Crippen molar-refractivity contribution in [1.82, 2.24) is 10.2 Å². The molecule has 10 heteroatoms. The Morgan fingerprint density at radius 1 is 1.35 bits per heavy atom. The number of carbonyl (C=O) groups is 1. The Bertz CT molecular complexity index is 571. The fraction of sp³-hybridized carbons (Fsp3) is 0.500. The highest BCUT2D eigenvalue weighted by Gasteiger charge is 2.33. The van der Waals surface area contributed by atoms with Gasteiger partial charge in [-0.2, -0.15) is 8.78 Å². The maximum Gasteiger partial charge on any atom is 0.341 e. The van der Waals surface area contributed by atoms with Gasteiger partial charge in [-0.05, 0) is 11.4 Å². The second-order valence-corrected chi connectivity index (χ2v) is 6.76. The standard InChI is InChI=1S/C10H12F2N2O3S2.ClH/c11-10(12)19(16,17)7-1-6-18-8(7)9(15)14-4-2-13-3-5-14;/h1,6,10,13H,2-5H2;1H. The van der Waals surface area contributed by atoms with Crippen molar-refractivity contribution < 1.29 is 22.0 Å². The van der Waals surface area contributed by atoms with Gasteiger partial charge in [0.05, 0.1) is 4.90 Å². The molecule has 0 unspecified atom stereocenters. The quantitative estimate of drug-likeness (QED) is 0.893. The Labute approximate surface area is 125 Å². The predicted molar refractivity (Wildman–Crippen MR) is 73.5 cm³/mol. The van der Waals surface area contributed by atoms with Crippen LogP contribution in [0, 0.1) is 0 Å². The molecular weight excluding hydrogens is 334 g/mol. The van der Waals surface area contributed by atoms with Gasteiger partial charge in [0, 0.05) is 26.2 Å². The second kappa shape index (κ2) is 6.79. The first-order valence-electron chi connectivity index (χ1n) is 5.54. The van der Waals surface area contributed by atoms with Crippen LogP contribution in [0.1, 0.15) is 9.67 Å². The average Bonchev–Trinajstić information content (AvgIpc) is 2.88. The molecule has 0 radical (unpaired) electrons. The van der Waals surface area contributed by atoms with Gasteiger partial charge in [-0.25, -0.2) is 8.42 Å². The SMILES string of the molecule is Cl.O=C(c1sccc1S(=O)(=O)C(F)F)N1CCNCC1. The zero-order valence-electron chi connectivity index (χ0n) is 10.2. The lowest BCUT2D eigenvalue weighted by molar-refractivity contribution is 0.0737. The van der Waals surface area contributed by atoms with Gasteiger partial charge in [0.15, 0.2) is 0 Å². The fourth-order valence-electron chi connectivity index (χ4n) is 1.78. The van der Waals surface area contributed by atoms with Gasteiger partial charge in [0.1, 0.15) is 4.88 Å². The minimum absolute atomic E-state index is 0. The third-order valence-electron chi connectivity index (χ3n) is 2.77. The molecule has 2 rings (SSSR count). The Kier molecular flexibility index (Phi) is 5.87. The van der Waals surface area contributed by atoms with E-state index in [4.69, 9.17) is 0 Å². The number of halogens is 3. The molecule has 0 aliphatic carbocycles. The number of nitrogens with one attached hydrogen (secondary N) is 1. The van der Waals surface area contributed by atoms with Crippen LogP contribution >= 0.6 is 23.7 Å². The fourth-order valence-corrected chi connectivity index (χ4v) is 3.91. The maximum absolute atomic E-state index is 12.5. The molecule has 0 bridgehead atoms. The summed E-state index contributed by atoms with van der Waals surface area (Å²) in [5.74, 6) is -4.02. The summed E-state index contributed by atoms with van der Waals surface area (Å²) in [6, 6.07) is 1.06. The van der Waals surface area contributed by atoms with E-state index in [-0.39, 0.29) is 17.3 Å². The van der Waals surface area contributed by atoms with Crippen molar-refractivity contribution in [3.63, 3.8) is 0 Å². The summed E-state index contributed by atoms with van der Waals surface area (Å²) >= 11 is 0.871. The normalized spacial score (nSPS) is 16.1. The topological polar surface area (TPSA) is 66.5 Å². The van der Waals surface area contributed by atoms with Crippen molar-refractivity contribution in [1.29, 1.82) is 0 Å². The number of carbonyl (C=O) groups excluding carboxylic acids is 1. The highest BCUT2D eigenvalue weighted by atomic mass is 35.5. The summed E-state index contributed by atoms with van der Waals surface area (Å²) in [6.45, 7) is 2.08. The number of nitrogens with zero attached hydrogens (tertiary/aromatic N) is 1. The number of thiophene rings is 1. The first-order chi connectivity index (χ1) is 8.94. The second-order valence-electron chi connectivity index (χ2n) is 3.96. The minimum atomic E-state index is -4.73. The van der Waals surface area contributed by atoms with Gasteiger partial charge < -0.3 is 10.2 Å². The third kappa shape index (κ3) is 3.27. The molecule has 1 N–H and O–H groups in total. The Morgan fingerprint density at radius 3 is 2.50 bits per heavy atom. The molecule has 5 nitrogen and oxygen atoms in total. The van der Waals surface area contributed by atoms with E-state index < -0.39 is 26.4 Å². The molecule has 1 saturated heterocycles. The number of rotatable bonds is 3. The van der Waals surface area contributed by atoms with Crippen molar-refractivity contribution >= 4 is 39.5 Å². The number of piperazine rings is 1. The van der Waals surface area contributed by atoms with Crippen molar-refractivity contribution in [2.75, 3.05) is 26.2 Å². The van der Waals surface area contributed by atoms with Crippen molar-refractivity contribution in [2.24, 2.45) is 0 Å². The minimum Gasteiger partial charge on any atom is -0.335 e. The maximum atomic E-state index is 12.5. The summed E-state index contributed by atoms with van der Waals surface area (Å²) in [5, 5.41) is 4.39. The smallest absolute Gasteiger partial charge is 0.335 e. The highest BCUT2D eigenvalue weighted by Crippen LogP contribution is 2.27. The van der Waals surface area contributed by atoms with E-state index >= 15 is 0 Å². The molecule has 2 heterocycles. The molecule has 20 heavy (non-hydrogen) atoms. The van der Waals surface area contributed by atoms with Crippen LogP contribution < -0.4 is 5.32 Å². The molecule has 114 valence electrons. The lowest BCUT2D eigenvalue weighted by Gasteiger charge is -2.27. The van der Waals surface area contributed by atoms with E-state index in [1.807, 2.05) is 0 Å². The summed E-state index contributed by atoms with van der Waals surface area (Å²) in [4.78, 5) is 12.9. The number of amides is 1. The van der Waals surface area contributed by atoms with Crippen LogP contribution in [0.5, 0.6) is 0 Å². The van der Waals surface area contributed by atoms with E-state index in [0.29, 0.717) is 26.2 Å². The first-order valence-corrected chi connectivity index (χ1v) is 7.96. The number of hydrogen-bond acceptors (Lipinski definition) is 5. The summed E-state index contributed by atoms with van der Waals surface area (Å²) in [7, 11) is -4.73. The molecule has 1 aromatic heterocycles. The summed E-state index contributed by atoms with van der Waals surface area (Å²) in [6.07, 6.45) is 0. The Morgan fingerprint density at radius 2 is 1.95 bits per heavy atom. The van der Waals surface area contributed by atoms with E-state index in [2.05, 4.69) is 5.32 Å². The molecule has 0 spiro atoms. The third-order valence-corrected chi connectivity index (χ3v) is 5.22. The van der Waals surface area contributed by atoms with Gasteiger partial charge in [-0.3, -0.25) is 4.79 Å². The van der Waals surface area contributed by atoms with Gasteiger partial charge in [0.25, 0.3) is 5.91 Å². The molecule has 0 saturated carbocycles. The molecule has 1 aliphatic heterocycles.